The highest BCUT2D eigenvalue weighted by molar-refractivity contribution is 6.30. The van der Waals surface area contributed by atoms with Crippen molar-refractivity contribution in [2.24, 2.45) is 0 Å². The van der Waals surface area contributed by atoms with Crippen molar-refractivity contribution in [2.75, 3.05) is 31.5 Å². The van der Waals surface area contributed by atoms with Crippen molar-refractivity contribution >= 4 is 29.0 Å². The largest absolute Gasteiger partial charge is 0.351 e. The first kappa shape index (κ1) is 23.6. The lowest BCUT2D eigenvalue weighted by Gasteiger charge is -2.26. The number of carbonyl (C=O) groups is 1. The zero-order valence-corrected chi connectivity index (χ0v) is 20.2. The number of amides is 1. The number of halogens is 2. The predicted molar refractivity (Wildman–Crippen MR) is 135 cm³/mol. The molecule has 1 aliphatic carbocycles. The van der Waals surface area contributed by atoms with Crippen LogP contribution in [-0.4, -0.2) is 51.9 Å². The van der Waals surface area contributed by atoms with Crippen LogP contribution >= 0.6 is 11.6 Å². The second-order valence-electron chi connectivity index (χ2n) is 9.00. The number of rotatable bonds is 7. The standard InChI is InChI=1S/C26H28ClFN6O/c27-17-7-8-21(28)19(15-17)25-31-22-6-4-5-18(22)24(33-25)32-23-9-10-29-16-20(23)26(35)30-11-14-34-12-2-1-3-13-34/h7-10,15-16H,1-6,11-14H2,(H,30,35)(H,29,31,32,33). The molecule has 2 N–H and O–H groups in total. The van der Waals surface area contributed by atoms with Crippen LogP contribution in [0.3, 0.4) is 0 Å². The minimum absolute atomic E-state index is 0.190. The average Bonchev–Trinajstić information content (AvgIpc) is 3.35. The third kappa shape index (κ3) is 5.44. The summed E-state index contributed by atoms with van der Waals surface area (Å²) in [7, 11) is 0. The Labute approximate surface area is 209 Å². The third-order valence-electron chi connectivity index (χ3n) is 6.58. The molecule has 182 valence electrons. The van der Waals surface area contributed by atoms with E-state index in [1.807, 2.05) is 0 Å². The van der Waals surface area contributed by atoms with Crippen molar-refractivity contribution in [3.63, 3.8) is 0 Å². The normalized spacial score (nSPS) is 15.6. The molecular formula is C26H28ClFN6O. The monoisotopic (exact) mass is 494 g/mol. The fraction of sp³-hybridized carbons (Fsp3) is 0.385. The van der Waals surface area contributed by atoms with E-state index in [0.717, 1.165) is 50.2 Å². The summed E-state index contributed by atoms with van der Waals surface area (Å²) in [6.07, 6.45) is 9.46. The Balaban J connectivity index is 1.38. The number of anilines is 2. The summed E-state index contributed by atoms with van der Waals surface area (Å²) in [5.74, 6) is 0.227. The van der Waals surface area contributed by atoms with Gasteiger partial charge in [0.2, 0.25) is 0 Å². The molecule has 0 saturated carbocycles. The van der Waals surface area contributed by atoms with E-state index in [1.54, 1.807) is 18.5 Å². The first-order valence-electron chi connectivity index (χ1n) is 12.2. The number of aromatic nitrogens is 3. The Morgan fingerprint density at radius 1 is 1.09 bits per heavy atom. The van der Waals surface area contributed by atoms with E-state index in [9.17, 15) is 9.18 Å². The highest BCUT2D eigenvalue weighted by Crippen LogP contribution is 2.33. The summed E-state index contributed by atoms with van der Waals surface area (Å²) in [5, 5.41) is 6.75. The molecule has 5 rings (SSSR count). The number of pyridine rings is 1. The Morgan fingerprint density at radius 2 is 1.94 bits per heavy atom. The van der Waals surface area contributed by atoms with Crippen LogP contribution in [0, 0.1) is 5.82 Å². The highest BCUT2D eigenvalue weighted by atomic mass is 35.5. The maximum atomic E-state index is 14.6. The number of hydrogen-bond donors (Lipinski definition) is 2. The molecule has 0 bridgehead atoms. The lowest BCUT2D eigenvalue weighted by atomic mass is 10.1. The van der Waals surface area contributed by atoms with E-state index in [1.165, 1.54) is 37.5 Å². The third-order valence-corrected chi connectivity index (χ3v) is 6.82. The molecular weight excluding hydrogens is 467 g/mol. The summed E-state index contributed by atoms with van der Waals surface area (Å²) in [6.45, 7) is 3.59. The lowest BCUT2D eigenvalue weighted by Crippen LogP contribution is -2.37. The van der Waals surface area contributed by atoms with Crippen molar-refractivity contribution < 1.29 is 9.18 Å². The first-order valence-corrected chi connectivity index (χ1v) is 12.5. The number of nitrogens with one attached hydrogen (secondary N) is 2. The summed E-state index contributed by atoms with van der Waals surface area (Å²) in [5.41, 5.74) is 3.16. The number of benzene rings is 1. The summed E-state index contributed by atoms with van der Waals surface area (Å²) >= 11 is 6.11. The van der Waals surface area contributed by atoms with E-state index in [4.69, 9.17) is 11.6 Å². The van der Waals surface area contributed by atoms with Crippen LogP contribution in [0.1, 0.15) is 47.3 Å². The number of carbonyl (C=O) groups excluding carboxylic acids is 1. The quantitative estimate of drug-likeness (QED) is 0.492. The molecule has 1 amide bonds. The van der Waals surface area contributed by atoms with Gasteiger partial charge >= 0.3 is 0 Å². The topological polar surface area (TPSA) is 83.0 Å². The van der Waals surface area contributed by atoms with Crippen molar-refractivity contribution in [3.05, 3.63) is 64.3 Å². The molecule has 9 heteroatoms. The Hall–Kier alpha value is -3.10. The van der Waals surface area contributed by atoms with Crippen LogP contribution in [0.4, 0.5) is 15.9 Å². The van der Waals surface area contributed by atoms with Gasteiger partial charge in [-0.15, -0.1) is 0 Å². The van der Waals surface area contributed by atoms with Crippen LogP contribution in [0.15, 0.2) is 36.7 Å². The van der Waals surface area contributed by atoms with Crippen LogP contribution in [0.5, 0.6) is 0 Å². The lowest BCUT2D eigenvalue weighted by molar-refractivity contribution is 0.0947. The van der Waals surface area contributed by atoms with Gasteiger partial charge in [-0.1, -0.05) is 18.0 Å². The van der Waals surface area contributed by atoms with Gasteiger partial charge in [0.15, 0.2) is 5.82 Å². The fourth-order valence-electron chi connectivity index (χ4n) is 4.74. The fourth-order valence-corrected chi connectivity index (χ4v) is 4.92. The van der Waals surface area contributed by atoms with E-state index in [-0.39, 0.29) is 17.3 Å². The molecule has 1 saturated heterocycles. The summed E-state index contributed by atoms with van der Waals surface area (Å²) in [6, 6.07) is 6.10. The van der Waals surface area contributed by atoms with Crippen LogP contribution in [0.2, 0.25) is 5.02 Å². The van der Waals surface area contributed by atoms with Gasteiger partial charge in [0.05, 0.1) is 16.8 Å². The van der Waals surface area contributed by atoms with Crippen molar-refractivity contribution in [1.29, 1.82) is 0 Å². The molecule has 1 fully saturated rings. The highest BCUT2D eigenvalue weighted by Gasteiger charge is 2.23. The Morgan fingerprint density at radius 3 is 2.80 bits per heavy atom. The van der Waals surface area contributed by atoms with Gasteiger partial charge in [0.25, 0.3) is 5.91 Å². The number of hydrogen-bond acceptors (Lipinski definition) is 6. The van der Waals surface area contributed by atoms with Crippen LogP contribution in [-0.2, 0) is 12.8 Å². The number of fused-ring (bicyclic) bond motifs is 1. The zero-order valence-electron chi connectivity index (χ0n) is 19.5. The second-order valence-corrected chi connectivity index (χ2v) is 9.44. The Kier molecular flexibility index (Phi) is 7.20. The van der Waals surface area contributed by atoms with Crippen LogP contribution in [0.25, 0.3) is 11.4 Å². The number of aryl methyl sites for hydroxylation is 1. The van der Waals surface area contributed by atoms with Gasteiger partial charge in [0.1, 0.15) is 11.6 Å². The van der Waals surface area contributed by atoms with Gasteiger partial charge in [0, 0.05) is 41.8 Å². The molecule has 0 unspecified atom stereocenters. The molecule has 0 spiro atoms. The van der Waals surface area contributed by atoms with E-state index < -0.39 is 5.82 Å². The van der Waals surface area contributed by atoms with Crippen molar-refractivity contribution in [1.82, 2.24) is 25.2 Å². The van der Waals surface area contributed by atoms with Gasteiger partial charge in [-0.2, -0.15) is 0 Å². The molecule has 35 heavy (non-hydrogen) atoms. The predicted octanol–water partition coefficient (Wildman–Crippen LogP) is 4.78. The number of nitrogens with zero attached hydrogens (tertiary/aromatic N) is 4. The van der Waals surface area contributed by atoms with Gasteiger partial charge in [-0.25, -0.2) is 14.4 Å². The van der Waals surface area contributed by atoms with Crippen LogP contribution < -0.4 is 10.6 Å². The number of likely N-dealkylation sites (tertiary alicyclic amines) is 1. The average molecular weight is 495 g/mol. The van der Waals surface area contributed by atoms with E-state index in [2.05, 4.69) is 30.5 Å². The maximum Gasteiger partial charge on any atom is 0.255 e. The minimum Gasteiger partial charge on any atom is -0.351 e. The molecule has 0 radical (unpaired) electrons. The molecule has 0 atom stereocenters. The summed E-state index contributed by atoms with van der Waals surface area (Å²) < 4.78 is 14.6. The van der Waals surface area contributed by atoms with E-state index >= 15 is 0 Å². The molecule has 1 aromatic carbocycles. The molecule has 1 aliphatic heterocycles. The van der Waals surface area contributed by atoms with E-state index in [0.29, 0.717) is 28.6 Å². The van der Waals surface area contributed by atoms with Crippen molar-refractivity contribution in [2.45, 2.75) is 38.5 Å². The molecule has 2 aliphatic rings. The van der Waals surface area contributed by atoms with Gasteiger partial charge in [-0.05, 0) is 69.5 Å². The maximum absolute atomic E-state index is 14.6. The number of piperidine rings is 1. The summed E-state index contributed by atoms with van der Waals surface area (Å²) in [4.78, 5) is 28.8. The minimum atomic E-state index is -0.434. The molecule has 2 aromatic heterocycles. The van der Waals surface area contributed by atoms with Crippen molar-refractivity contribution in [3.8, 4) is 11.4 Å². The zero-order chi connectivity index (χ0) is 24.2. The van der Waals surface area contributed by atoms with Gasteiger partial charge < -0.3 is 15.5 Å². The smallest absolute Gasteiger partial charge is 0.255 e. The molecule has 3 aromatic rings. The first-order chi connectivity index (χ1) is 17.1. The molecule has 3 heterocycles. The second kappa shape index (κ2) is 10.7. The Bertz CT molecular complexity index is 1230. The van der Waals surface area contributed by atoms with Gasteiger partial charge in [-0.3, -0.25) is 9.78 Å². The molecule has 7 nitrogen and oxygen atoms in total. The SMILES string of the molecule is O=C(NCCN1CCCCC1)c1cnccc1Nc1nc(-c2cc(Cl)ccc2F)nc2c1CCC2.